The van der Waals surface area contributed by atoms with Gasteiger partial charge >= 0.3 is 0 Å². The van der Waals surface area contributed by atoms with E-state index in [0.717, 1.165) is 11.3 Å². The molecule has 0 radical (unpaired) electrons. The molecule has 124 valence electrons. The molecule has 0 unspecified atom stereocenters. The van der Waals surface area contributed by atoms with Crippen LogP contribution in [0.5, 0.6) is 5.75 Å². The van der Waals surface area contributed by atoms with Crippen molar-refractivity contribution >= 4 is 11.6 Å². The second kappa shape index (κ2) is 8.14. The van der Waals surface area contributed by atoms with E-state index in [-0.39, 0.29) is 11.9 Å². The van der Waals surface area contributed by atoms with Gasteiger partial charge in [0.25, 0.3) is 0 Å². The lowest BCUT2D eigenvalue weighted by atomic mass is 10.1. The Morgan fingerprint density at radius 3 is 2.62 bits per heavy atom. The van der Waals surface area contributed by atoms with E-state index in [9.17, 15) is 4.79 Å². The lowest BCUT2D eigenvalue weighted by Crippen LogP contribution is -2.39. The average Bonchev–Trinajstić information content (AvgIpc) is 2.61. The van der Waals surface area contributed by atoms with Crippen LogP contribution < -0.4 is 15.4 Å². The van der Waals surface area contributed by atoms with Crippen molar-refractivity contribution in [3.05, 3.63) is 59.7 Å². The molecule has 1 amide bonds. The highest BCUT2D eigenvalue weighted by molar-refractivity contribution is 5.94. The SMILES string of the molecule is COc1ccccc1[C@H](C)N[C@@H](C)C(=O)Nc1cccc(C#N)c1. The average molecular weight is 323 g/mol. The summed E-state index contributed by atoms with van der Waals surface area (Å²) in [5, 5.41) is 15.0. The van der Waals surface area contributed by atoms with E-state index < -0.39 is 6.04 Å². The Balaban J connectivity index is 2.01. The van der Waals surface area contributed by atoms with Crippen LogP contribution in [0.3, 0.4) is 0 Å². The van der Waals surface area contributed by atoms with Gasteiger partial charge in [0.05, 0.1) is 24.8 Å². The van der Waals surface area contributed by atoms with Crippen LogP contribution in [-0.4, -0.2) is 19.1 Å². The summed E-state index contributed by atoms with van der Waals surface area (Å²) in [6.45, 7) is 3.79. The quantitative estimate of drug-likeness (QED) is 0.856. The number of rotatable bonds is 6. The standard InChI is InChI=1S/C19H21N3O2/c1-13(17-9-4-5-10-18(17)24-3)21-14(2)19(23)22-16-8-6-7-15(11-16)12-20/h4-11,13-14,21H,1-3H3,(H,22,23)/t13-,14-/m0/s1. The fourth-order valence-corrected chi connectivity index (χ4v) is 2.48. The highest BCUT2D eigenvalue weighted by Gasteiger charge is 2.18. The van der Waals surface area contributed by atoms with Crippen molar-refractivity contribution in [3.8, 4) is 11.8 Å². The van der Waals surface area contributed by atoms with Gasteiger partial charge in [-0.3, -0.25) is 10.1 Å². The predicted molar refractivity (Wildman–Crippen MR) is 93.8 cm³/mol. The van der Waals surface area contributed by atoms with Crippen molar-refractivity contribution in [1.29, 1.82) is 5.26 Å². The summed E-state index contributed by atoms with van der Waals surface area (Å²) in [7, 11) is 1.63. The number of nitriles is 1. The van der Waals surface area contributed by atoms with E-state index in [4.69, 9.17) is 10.00 Å². The Bertz CT molecular complexity index is 752. The molecule has 0 aromatic heterocycles. The van der Waals surface area contributed by atoms with E-state index in [1.165, 1.54) is 0 Å². The smallest absolute Gasteiger partial charge is 0.241 e. The minimum Gasteiger partial charge on any atom is -0.496 e. The molecule has 0 fully saturated rings. The number of hydrogen-bond donors (Lipinski definition) is 2. The molecule has 0 spiro atoms. The molecular formula is C19H21N3O2. The number of nitrogens with one attached hydrogen (secondary N) is 2. The van der Waals surface area contributed by atoms with Gasteiger partial charge in [0.15, 0.2) is 0 Å². The van der Waals surface area contributed by atoms with Crippen molar-refractivity contribution in [2.75, 3.05) is 12.4 Å². The lowest BCUT2D eigenvalue weighted by Gasteiger charge is -2.21. The van der Waals surface area contributed by atoms with Crippen LogP contribution in [0.25, 0.3) is 0 Å². The van der Waals surface area contributed by atoms with Crippen LogP contribution in [0.1, 0.15) is 31.0 Å². The number of methoxy groups -OCH3 is 1. The summed E-state index contributed by atoms with van der Waals surface area (Å²) in [4.78, 5) is 12.3. The first kappa shape index (κ1) is 17.5. The third-order valence-electron chi connectivity index (χ3n) is 3.76. The monoisotopic (exact) mass is 323 g/mol. The summed E-state index contributed by atoms with van der Waals surface area (Å²) >= 11 is 0. The molecule has 0 aliphatic heterocycles. The largest absolute Gasteiger partial charge is 0.496 e. The van der Waals surface area contributed by atoms with Gasteiger partial charge < -0.3 is 10.1 Å². The lowest BCUT2D eigenvalue weighted by molar-refractivity contribution is -0.117. The van der Waals surface area contributed by atoms with Gasteiger partial charge in [-0.25, -0.2) is 0 Å². The molecule has 0 aliphatic rings. The molecule has 0 bridgehead atoms. The number of benzene rings is 2. The van der Waals surface area contributed by atoms with Gasteiger partial charge in [-0.1, -0.05) is 24.3 Å². The molecule has 0 saturated heterocycles. The molecule has 2 rings (SSSR count). The first-order valence-corrected chi connectivity index (χ1v) is 7.75. The van der Waals surface area contributed by atoms with Gasteiger partial charge in [0.2, 0.25) is 5.91 Å². The molecule has 2 N–H and O–H groups in total. The van der Waals surface area contributed by atoms with Gasteiger partial charge in [-0.2, -0.15) is 5.26 Å². The van der Waals surface area contributed by atoms with Gasteiger partial charge in [0, 0.05) is 17.3 Å². The summed E-state index contributed by atoms with van der Waals surface area (Å²) in [5.74, 6) is 0.624. The maximum atomic E-state index is 12.3. The zero-order chi connectivity index (χ0) is 17.5. The summed E-state index contributed by atoms with van der Waals surface area (Å²) < 4.78 is 5.36. The fourth-order valence-electron chi connectivity index (χ4n) is 2.48. The molecule has 0 aliphatic carbocycles. The number of para-hydroxylation sites is 1. The number of carbonyl (C=O) groups excluding carboxylic acids is 1. The first-order chi connectivity index (χ1) is 11.5. The zero-order valence-corrected chi connectivity index (χ0v) is 14.0. The van der Waals surface area contributed by atoms with Crippen molar-refractivity contribution in [1.82, 2.24) is 5.32 Å². The normalized spacial score (nSPS) is 12.8. The molecule has 2 aromatic rings. The van der Waals surface area contributed by atoms with Crippen LogP contribution >= 0.6 is 0 Å². The molecule has 2 atom stereocenters. The van der Waals surface area contributed by atoms with E-state index in [1.807, 2.05) is 31.2 Å². The Labute approximate surface area is 142 Å². The van der Waals surface area contributed by atoms with Crippen molar-refractivity contribution in [3.63, 3.8) is 0 Å². The second-order valence-electron chi connectivity index (χ2n) is 5.53. The topological polar surface area (TPSA) is 74.2 Å². The molecule has 24 heavy (non-hydrogen) atoms. The maximum Gasteiger partial charge on any atom is 0.241 e. The number of nitrogens with zero attached hydrogens (tertiary/aromatic N) is 1. The van der Waals surface area contributed by atoms with E-state index in [2.05, 4.69) is 16.7 Å². The number of amides is 1. The Morgan fingerprint density at radius 1 is 1.17 bits per heavy atom. The highest BCUT2D eigenvalue weighted by Crippen LogP contribution is 2.24. The van der Waals surface area contributed by atoms with Crippen LogP contribution in [0, 0.1) is 11.3 Å². The van der Waals surface area contributed by atoms with Gasteiger partial charge in [0.1, 0.15) is 5.75 Å². The van der Waals surface area contributed by atoms with Crippen LogP contribution in [0.4, 0.5) is 5.69 Å². The molecule has 0 heterocycles. The molecule has 5 nitrogen and oxygen atoms in total. The third-order valence-corrected chi connectivity index (χ3v) is 3.76. The molecule has 2 aromatic carbocycles. The number of ether oxygens (including phenoxy) is 1. The first-order valence-electron chi connectivity index (χ1n) is 7.75. The van der Waals surface area contributed by atoms with Crippen molar-refractivity contribution < 1.29 is 9.53 Å². The molecular weight excluding hydrogens is 302 g/mol. The van der Waals surface area contributed by atoms with Crippen LogP contribution in [0.2, 0.25) is 0 Å². The Morgan fingerprint density at radius 2 is 1.92 bits per heavy atom. The zero-order valence-electron chi connectivity index (χ0n) is 14.0. The minimum atomic E-state index is -0.407. The van der Waals surface area contributed by atoms with Crippen LogP contribution in [0.15, 0.2) is 48.5 Å². The maximum absolute atomic E-state index is 12.3. The number of hydrogen-bond acceptors (Lipinski definition) is 4. The van der Waals surface area contributed by atoms with Gasteiger partial charge in [-0.05, 0) is 38.1 Å². The minimum absolute atomic E-state index is 0.0488. The molecule has 5 heteroatoms. The van der Waals surface area contributed by atoms with Crippen molar-refractivity contribution in [2.45, 2.75) is 25.9 Å². The van der Waals surface area contributed by atoms with E-state index in [1.54, 1.807) is 38.3 Å². The summed E-state index contributed by atoms with van der Waals surface area (Å²) in [5.41, 5.74) is 2.11. The fraction of sp³-hybridized carbons (Fsp3) is 0.263. The van der Waals surface area contributed by atoms with E-state index >= 15 is 0 Å². The van der Waals surface area contributed by atoms with Crippen molar-refractivity contribution in [2.24, 2.45) is 0 Å². The second-order valence-corrected chi connectivity index (χ2v) is 5.53. The van der Waals surface area contributed by atoms with E-state index in [0.29, 0.717) is 11.3 Å². The number of anilines is 1. The van der Waals surface area contributed by atoms with Gasteiger partial charge in [-0.15, -0.1) is 0 Å². The Kier molecular flexibility index (Phi) is 5.94. The molecule has 0 saturated carbocycles. The Hall–Kier alpha value is -2.84. The third kappa shape index (κ3) is 4.34. The highest BCUT2D eigenvalue weighted by atomic mass is 16.5. The number of carbonyl (C=O) groups is 1. The summed E-state index contributed by atoms with van der Waals surface area (Å²) in [6.07, 6.45) is 0. The predicted octanol–water partition coefficient (Wildman–Crippen LogP) is 3.24. The van der Waals surface area contributed by atoms with Crippen LogP contribution in [-0.2, 0) is 4.79 Å². The summed E-state index contributed by atoms with van der Waals surface area (Å²) in [6, 6.07) is 16.2.